The average Bonchev–Trinajstić information content (AvgIpc) is 2.84. The van der Waals surface area contributed by atoms with Crippen LogP contribution in [0.15, 0.2) is 0 Å². The maximum absolute atomic E-state index is 4.98. The fourth-order valence-corrected chi connectivity index (χ4v) is 1.90. The van der Waals surface area contributed by atoms with Crippen LogP contribution in [0.2, 0.25) is 0 Å². The lowest BCUT2D eigenvalue weighted by Gasteiger charge is -2.14. The molecule has 0 aromatic heterocycles. The molecule has 1 heterocycles. The van der Waals surface area contributed by atoms with E-state index in [0.717, 1.165) is 26.1 Å². The third-order valence-corrected chi connectivity index (χ3v) is 2.73. The van der Waals surface area contributed by atoms with E-state index in [-0.39, 0.29) is 0 Å². The largest absolute Gasteiger partial charge is 0.385 e. The second kappa shape index (κ2) is 12.9. The van der Waals surface area contributed by atoms with Crippen LogP contribution in [0, 0.1) is 0 Å². The van der Waals surface area contributed by atoms with E-state index in [9.17, 15) is 0 Å². The van der Waals surface area contributed by atoms with E-state index in [4.69, 9.17) is 4.74 Å². The van der Waals surface area contributed by atoms with Gasteiger partial charge in [0.1, 0.15) is 0 Å². The van der Waals surface area contributed by atoms with Gasteiger partial charge in [-0.3, -0.25) is 0 Å². The zero-order valence-corrected chi connectivity index (χ0v) is 11.4. The van der Waals surface area contributed by atoms with Gasteiger partial charge in [-0.15, -0.1) is 0 Å². The van der Waals surface area contributed by atoms with E-state index in [0.29, 0.717) is 0 Å². The first-order chi connectivity index (χ1) is 7.93. The van der Waals surface area contributed by atoms with Gasteiger partial charge >= 0.3 is 0 Å². The number of likely N-dealkylation sites (tertiary alicyclic amines) is 1. The molecule has 0 amide bonds. The van der Waals surface area contributed by atoms with Crippen molar-refractivity contribution >= 4 is 0 Å². The van der Waals surface area contributed by atoms with Crippen LogP contribution < -0.4 is 5.32 Å². The fraction of sp³-hybridized carbons (Fsp3) is 1.00. The Hall–Kier alpha value is -0.120. The van der Waals surface area contributed by atoms with E-state index in [1.807, 2.05) is 13.8 Å². The third kappa shape index (κ3) is 9.13. The summed E-state index contributed by atoms with van der Waals surface area (Å²) in [5.74, 6) is 0. The van der Waals surface area contributed by atoms with Crippen molar-refractivity contribution in [2.24, 2.45) is 0 Å². The summed E-state index contributed by atoms with van der Waals surface area (Å²) in [5.41, 5.74) is 0. The highest BCUT2D eigenvalue weighted by atomic mass is 16.5. The molecule has 1 fully saturated rings. The zero-order valence-electron chi connectivity index (χ0n) is 11.4. The molecule has 16 heavy (non-hydrogen) atoms. The summed E-state index contributed by atoms with van der Waals surface area (Å²) in [6.07, 6.45) is 5.22. The van der Waals surface area contributed by atoms with Crippen LogP contribution in [0.4, 0.5) is 0 Å². The van der Waals surface area contributed by atoms with E-state index in [1.54, 1.807) is 7.11 Å². The molecule has 0 atom stereocenters. The Balaban J connectivity index is 0.00000106. The van der Waals surface area contributed by atoms with Crippen molar-refractivity contribution in [1.82, 2.24) is 10.2 Å². The Morgan fingerprint density at radius 3 is 2.31 bits per heavy atom. The van der Waals surface area contributed by atoms with Gasteiger partial charge in [-0.25, -0.2) is 0 Å². The van der Waals surface area contributed by atoms with E-state index >= 15 is 0 Å². The maximum Gasteiger partial charge on any atom is 0.0474 e. The van der Waals surface area contributed by atoms with Crippen LogP contribution >= 0.6 is 0 Å². The van der Waals surface area contributed by atoms with Crippen LogP contribution in [0.3, 0.4) is 0 Å². The summed E-state index contributed by atoms with van der Waals surface area (Å²) in [7, 11) is 1.76. The van der Waals surface area contributed by atoms with Crippen molar-refractivity contribution in [3.8, 4) is 0 Å². The molecule has 0 spiro atoms. The Morgan fingerprint density at radius 2 is 1.69 bits per heavy atom. The molecular formula is C13H30N2O. The molecule has 0 aliphatic carbocycles. The first kappa shape index (κ1) is 15.9. The van der Waals surface area contributed by atoms with E-state index in [2.05, 4.69) is 10.2 Å². The molecule has 1 aliphatic rings. The molecule has 0 unspecified atom stereocenters. The first-order valence-electron chi connectivity index (χ1n) is 6.85. The van der Waals surface area contributed by atoms with Crippen molar-refractivity contribution in [3.63, 3.8) is 0 Å². The Kier molecular flexibility index (Phi) is 12.9. The highest BCUT2D eigenvalue weighted by molar-refractivity contribution is 4.66. The molecule has 3 heteroatoms. The topological polar surface area (TPSA) is 24.5 Å². The standard InChI is InChI=1S/C11H24N2O.C2H6/c1-14-11-5-7-12-6-4-10-13-8-2-3-9-13;1-2/h12H,2-11H2,1H3;1-2H3. The van der Waals surface area contributed by atoms with Crippen molar-refractivity contribution in [2.45, 2.75) is 39.5 Å². The quantitative estimate of drug-likeness (QED) is 0.647. The van der Waals surface area contributed by atoms with Crippen molar-refractivity contribution < 1.29 is 4.74 Å². The number of nitrogens with zero attached hydrogens (tertiary/aromatic N) is 1. The molecule has 1 saturated heterocycles. The summed E-state index contributed by atoms with van der Waals surface area (Å²) in [6, 6.07) is 0. The van der Waals surface area contributed by atoms with Gasteiger partial charge in [0.15, 0.2) is 0 Å². The summed E-state index contributed by atoms with van der Waals surface area (Å²) in [4.78, 5) is 2.57. The van der Waals surface area contributed by atoms with Crippen LogP contribution in [-0.4, -0.2) is 51.3 Å². The minimum Gasteiger partial charge on any atom is -0.385 e. The van der Waals surface area contributed by atoms with Crippen molar-refractivity contribution in [3.05, 3.63) is 0 Å². The molecule has 0 saturated carbocycles. The number of rotatable bonds is 8. The summed E-state index contributed by atoms with van der Waals surface area (Å²) >= 11 is 0. The first-order valence-corrected chi connectivity index (χ1v) is 6.85. The van der Waals surface area contributed by atoms with Gasteiger partial charge in [-0.2, -0.15) is 0 Å². The summed E-state index contributed by atoms with van der Waals surface area (Å²) < 4.78 is 4.98. The lowest BCUT2D eigenvalue weighted by molar-refractivity contribution is 0.194. The Morgan fingerprint density at radius 1 is 1.06 bits per heavy atom. The number of ether oxygens (including phenoxy) is 1. The third-order valence-electron chi connectivity index (χ3n) is 2.73. The minimum absolute atomic E-state index is 0.874. The molecule has 0 radical (unpaired) electrons. The summed E-state index contributed by atoms with van der Waals surface area (Å²) in [6.45, 7) is 11.0. The predicted octanol–water partition coefficient (Wildman–Crippen LogP) is 2.12. The molecule has 1 rings (SSSR count). The van der Waals surface area contributed by atoms with Gasteiger partial charge in [0, 0.05) is 13.7 Å². The van der Waals surface area contributed by atoms with Crippen LogP contribution in [0.1, 0.15) is 39.5 Å². The maximum atomic E-state index is 4.98. The SMILES string of the molecule is CC.COCCCNCCCN1CCCC1. The number of hydrogen-bond acceptors (Lipinski definition) is 3. The number of hydrogen-bond donors (Lipinski definition) is 1. The second-order valence-corrected chi connectivity index (χ2v) is 4.00. The molecule has 98 valence electrons. The van der Waals surface area contributed by atoms with Crippen LogP contribution in [0.5, 0.6) is 0 Å². The average molecular weight is 230 g/mol. The molecule has 1 N–H and O–H groups in total. The van der Waals surface area contributed by atoms with Gasteiger partial charge in [0.2, 0.25) is 0 Å². The molecule has 0 aromatic rings. The normalized spacial score (nSPS) is 15.9. The lowest BCUT2D eigenvalue weighted by Crippen LogP contribution is -2.25. The molecule has 3 nitrogen and oxygen atoms in total. The van der Waals surface area contributed by atoms with Gasteiger partial charge in [-0.1, -0.05) is 13.8 Å². The highest BCUT2D eigenvalue weighted by Crippen LogP contribution is 2.06. The molecule has 1 aliphatic heterocycles. The van der Waals surface area contributed by atoms with Gasteiger partial charge < -0.3 is 15.0 Å². The molecule has 0 bridgehead atoms. The number of methoxy groups -OCH3 is 1. The second-order valence-electron chi connectivity index (χ2n) is 4.00. The van der Waals surface area contributed by atoms with E-state index < -0.39 is 0 Å². The van der Waals surface area contributed by atoms with Gasteiger partial charge in [0.05, 0.1) is 0 Å². The smallest absolute Gasteiger partial charge is 0.0474 e. The van der Waals surface area contributed by atoms with Gasteiger partial charge in [0.25, 0.3) is 0 Å². The van der Waals surface area contributed by atoms with Gasteiger partial charge in [-0.05, 0) is 58.4 Å². The van der Waals surface area contributed by atoms with Crippen molar-refractivity contribution in [1.29, 1.82) is 0 Å². The monoisotopic (exact) mass is 230 g/mol. The minimum atomic E-state index is 0.874. The molecular weight excluding hydrogens is 200 g/mol. The number of nitrogens with one attached hydrogen (secondary N) is 1. The lowest BCUT2D eigenvalue weighted by atomic mass is 10.3. The van der Waals surface area contributed by atoms with Crippen LogP contribution in [0.25, 0.3) is 0 Å². The zero-order chi connectivity index (χ0) is 12.1. The Bertz CT molecular complexity index is 125. The summed E-state index contributed by atoms with van der Waals surface area (Å²) in [5, 5.41) is 3.44. The van der Waals surface area contributed by atoms with Crippen LogP contribution in [-0.2, 0) is 4.74 Å². The van der Waals surface area contributed by atoms with E-state index in [1.165, 1.54) is 38.9 Å². The Labute approximate surface area is 102 Å². The van der Waals surface area contributed by atoms with Crippen molar-refractivity contribution in [2.75, 3.05) is 46.4 Å². The predicted molar refractivity (Wildman–Crippen MR) is 71.0 cm³/mol. The highest BCUT2D eigenvalue weighted by Gasteiger charge is 2.09. The molecule has 0 aromatic carbocycles. The fourth-order valence-electron chi connectivity index (χ4n) is 1.90.